The lowest BCUT2D eigenvalue weighted by Crippen LogP contribution is -2.32. The zero-order chi connectivity index (χ0) is 11.4. The van der Waals surface area contributed by atoms with E-state index < -0.39 is 0 Å². The molecule has 1 aliphatic rings. The molecule has 1 aliphatic carbocycles. The summed E-state index contributed by atoms with van der Waals surface area (Å²) in [6.45, 7) is 0.767. The third-order valence-corrected chi connectivity index (χ3v) is 4.46. The molecule has 2 rings (SSSR count). The van der Waals surface area contributed by atoms with E-state index in [-0.39, 0.29) is 0 Å². The average molecular weight is 304 g/mol. The fourth-order valence-corrected chi connectivity index (χ4v) is 2.85. The van der Waals surface area contributed by atoms with E-state index in [0.717, 1.165) is 29.1 Å². The van der Waals surface area contributed by atoms with Crippen molar-refractivity contribution < 1.29 is 4.74 Å². The molecule has 0 saturated heterocycles. The molecule has 0 aromatic heterocycles. The highest BCUT2D eigenvalue weighted by molar-refractivity contribution is 9.10. The Morgan fingerprint density at radius 2 is 2.19 bits per heavy atom. The molecule has 0 aliphatic heterocycles. The first-order valence-corrected chi connectivity index (χ1v) is 7.01. The lowest BCUT2D eigenvalue weighted by molar-refractivity contribution is 0.120. The molecule has 0 N–H and O–H groups in total. The van der Waals surface area contributed by atoms with Gasteiger partial charge in [-0.15, -0.1) is 11.6 Å². The van der Waals surface area contributed by atoms with Gasteiger partial charge in [-0.05, 0) is 42.9 Å². The average Bonchev–Trinajstić information content (AvgIpc) is 2.22. The van der Waals surface area contributed by atoms with Crippen molar-refractivity contribution in [1.29, 1.82) is 0 Å². The standard InChI is InChI=1S/C13H16BrClO/c14-11-3-1-4-12(9-11)16-8-7-13(10-15)5-2-6-13/h1,3-4,9H,2,5-8,10H2. The Kier molecular flexibility index (Phi) is 4.15. The number of hydrogen-bond donors (Lipinski definition) is 0. The van der Waals surface area contributed by atoms with Gasteiger partial charge in [-0.2, -0.15) is 0 Å². The number of halogens is 2. The molecular weight excluding hydrogens is 287 g/mol. The Morgan fingerprint density at radius 3 is 2.75 bits per heavy atom. The lowest BCUT2D eigenvalue weighted by Gasteiger charge is -2.40. The summed E-state index contributed by atoms with van der Waals surface area (Å²) < 4.78 is 6.79. The zero-order valence-electron chi connectivity index (χ0n) is 9.22. The fraction of sp³-hybridized carbons (Fsp3) is 0.538. The zero-order valence-corrected chi connectivity index (χ0v) is 11.6. The first-order chi connectivity index (χ1) is 7.74. The molecule has 1 saturated carbocycles. The molecule has 1 fully saturated rings. The summed E-state index contributed by atoms with van der Waals surface area (Å²) in [6, 6.07) is 7.96. The molecule has 0 atom stereocenters. The second kappa shape index (κ2) is 5.42. The van der Waals surface area contributed by atoms with Gasteiger partial charge in [0.15, 0.2) is 0 Å². The molecular formula is C13H16BrClO. The second-order valence-corrected chi connectivity index (χ2v) is 5.73. The van der Waals surface area contributed by atoms with Crippen LogP contribution in [0, 0.1) is 5.41 Å². The summed E-state index contributed by atoms with van der Waals surface area (Å²) in [5.74, 6) is 1.70. The van der Waals surface area contributed by atoms with Crippen molar-refractivity contribution in [3.8, 4) is 5.75 Å². The van der Waals surface area contributed by atoms with Crippen LogP contribution in [0.15, 0.2) is 28.7 Å². The van der Waals surface area contributed by atoms with Crippen molar-refractivity contribution in [2.24, 2.45) is 5.41 Å². The van der Waals surface area contributed by atoms with Gasteiger partial charge in [-0.25, -0.2) is 0 Å². The minimum Gasteiger partial charge on any atom is -0.494 e. The fourth-order valence-electron chi connectivity index (χ4n) is 2.07. The number of alkyl halides is 1. The van der Waals surface area contributed by atoms with E-state index in [1.54, 1.807) is 0 Å². The largest absolute Gasteiger partial charge is 0.494 e. The quantitative estimate of drug-likeness (QED) is 0.721. The molecule has 88 valence electrons. The minimum atomic E-state index is 0.369. The highest BCUT2D eigenvalue weighted by Crippen LogP contribution is 2.44. The van der Waals surface area contributed by atoms with Crippen molar-refractivity contribution in [2.75, 3.05) is 12.5 Å². The van der Waals surface area contributed by atoms with Crippen LogP contribution in [0.25, 0.3) is 0 Å². The SMILES string of the molecule is ClCC1(CCOc2cccc(Br)c2)CCC1. The second-order valence-electron chi connectivity index (χ2n) is 4.54. The smallest absolute Gasteiger partial charge is 0.120 e. The van der Waals surface area contributed by atoms with Gasteiger partial charge in [0.05, 0.1) is 6.61 Å². The topological polar surface area (TPSA) is 9.23 Å². The van der Waals surface area contributed by atoms with Crippen LogP contribution >= 0.6 is 27.5 Å². The molecule has 1 aromatic rings. The molecule has 0 unspecified atom stereocenters. The van der Waals surface area contributed by atoms with Crippen LogP contribution < -0.4 is 4.74 Å². The molecule has 0 radical (unpaired) electrons. The van der Waals surface area contributed by atoms with Gasteiger partial charge in [-0.1, -0.05) is 28.4 Å². The van der Waals surface area contributed by atoms with Crippen LogP contribution in [0.2, 0.25) is 0 Å². The van der Waals surface area contributed by atoms with E-state index in [9.17, 15) is 0 Å². The predicted octanol–water partition coefficient (Wildman–Crippen LogP) is 4.63. The summed E-state index contributed by atoms with van der Waals surface area (Å²) in [5, 5.41) is 0. The highest BCUT2D eigenvalue weighted by atomic mass is 79.9. The number of hydrogen-bond acceptors (Lipinski definition) is 1. The van der Waals surface area contributed by atoms with Crippen molar-refractivity contribution >= 4 is 27.5 Å². The van der Waals surface area contributed by atoms with Crippen LogP contribution in [0.1, 0.15) is 25.7 Å². The first-order valence-electron chi connectivity index (χ1n) is 5.68. The van der Waals surface area contributed by atoms with Crippen LogP contribution in [-0.4, -0.2) is 12.5 Å². The summed E-state index contributed by atoms with van der Waals surface area (Å²) in [7, 11) is 0. The molecule has 0 bridgehead atoms. The van der Waals surface area contributed by atoms with Crippen molar-refractivity contribution in [3.63, 3.8) is 0 Å². The van der Waals surface area contributed by atoms with Crippen LogP contribution in [-0.2, 0) is 0 Å². The molecule has 1 nitrogen and oxygen atoms in total. The Balaban J connectivity index is 1.79. The van der Waals surface area contributed by atoms with E-state index in [0.29, 0.717) is 5.41 Å². The first kappa shape index (κ1) is 12.3. The number of rotatable bonds is 5. The summed E-state index contributed by atoms with van der Waals surface area (Å²) in [4.78, 5) is 0. The van der Waals surface area contributed by atoms with E-state index in [1.807, 2.05) is 24.3 Å². The molecule has 0 spiro atoms. The van der Waals surface area contributed by atoms with Gasteiger partial charge in [0, 0.05) is 10.4 Å². The normalized spacial score (nSPS) is 17.9. The summed E-state index contributed by atoms with van der Waals surface area (Å²) in [6.07, 6.45) is 4.92. The van der Waals surface area contributed by atoms with Crippen LogP contribution in [0.4, 0.5) is 0 Å². The monoisotopic (exact) mass is 302 g/mol. The lowest BCUT2D eigenvalue weighted by atomic mass is 9.68. The Hall–Kier alpha value is -0.210. The van der Waals surface area contributed by atoms with E-state index in [4.69, 9.17) is 16.3 Å². The highest BCUT2D eigenvalue weighted by Gasteiger charge is 2.35. The van der Waals surface area contributed by atoms with Gasteiger partial charge in [0.25, 0.3) is 0 Å². The number of benzene rings is 1. The van der Waals surface area contributed by atoms with Crippen molar-refractivity contribution in [3.05, 3.63) is 28.7 Å². The van der Waals surface area contributed by atoms with Crippen molar-refractivity contribution in [1.82, 2.24) is 0 Å². The van der Waals surface area contributed by atoms with Gasteiger partial charge >= 0.3 is 0 Å². The molecule has 3 heteroatoms. The molecule has 16 heavy (non-hydrogen) atoms. The maximum atomic E-state index is 6.00. The van der Waals surface area contributed by atoms with E-state index >= 15 is 0 Å². The maximum absolute atomic E-state index is 6.00. The van der Waals surface area contributed by atoms with Crippen LogP contribution in [0.3, 0.4) is 0 Å². The third kappa shape index (κ3) is 2.92. The minimum absolute atomic E-state index is 0.369. The number of ether oxygens (including phenoxy) is 1. The van der Waals surface area contributed by atoms with E-state index in [1.165, 1.54) is 19.3 Å². The Bertz CT molecular complexity index is 344. The van der Waals surface area contributed by atoms with E-state index in [2.05, 4.69) is 15.9 Å². The molecule has 0 amide bonds. The van der Waals surface area contributed by atoms with Gasteiger partial charge in [0.2, 0.25) is 0 Å². The Morgan fingerprint density at radius 1 is 1.38 bits per heavy atom. The van der Waals surface area contributed by atoms with Crippen molar-refractivity contribution in [2.45, 2.75) is 25.7 Å². The predicted molar refractivity (Wildman–Crippen MR) is 71.3 cm³/mol. The third-order valence-electron chi connectivity index (χ3n) is 3.39. The summed E-state index contributed by atoms with van der Waals surface area (Å²) >= 11 is 9.43. The van der Waals surface area contributed by atoms with Crippen LogP contribution in [0.5, 0.6) is 5.75 Å². The summed E-state index contributed by atoms with van der Waals surface area (Å²) in [5.41, 5.74) is 0.369. The van der Waals surface area contributed by atoms with Gasteiger partial charge in [0.1, 0.15) is 5.75 Å². The molecule has 1 aromatic carbocycles. The van der Waals surface area contributed by atoms with Gasteiger partial charge in [-0.3, -0.25) is 0 Å². The maximum Gasteiger partial charge on any atom is 0.120 e. The Labute approximate surface area is 110 Å². The molecule has 0 heterocycles. The van der Waals surface area contributed by atoms with Gasteiger partial charge < -0.3 is 4.74 Å².